The molecule has 4 rings (SSSR count). The van der Waals surface area contributed by atoms with Crippen LogP contribution in [0.15, 0.2) is 45.9 Å². The number of nitrogens with zero attached hydrogens (tertiary/aromatic N) is 2. The van der Waals surface area contributed by atoms with E-state index in [9.17, 15) is 4.79 Å². The Labute approximate surface area is 166 Å². The molecule has 0 unspecified atom stereocenters. The summed E-state index contributed by atoms with van der Waals surface area (Å²) in [7, 11) is 0. The van der Waals surface area contributed by atoms with Gasteiger partial charge in [-0.1, -0.05) is 11.3 Å². The molecule has 1 fully saturated rings. The molecule has 142 valence electrons. The van der Waals surface area contributed by atoms with Gasteiger partial charge < -0.3 is 14.1 Å². The molecule has 3 aromatic rings. The number of anilines is 1. The van der Waals surface area contributed by atoms with Crippen LogP contribution in [0.3, 0.4) is 0 Å². The van der Waals surface area contributed by atoms with E-state index < -0.39 is 0 Å². The van der Waals surface area contributed by atoms with Crippen molar-refractivity contribution < 1.29 is 18.8 Å². The van der Waals surface area contributed by atoms with Gasteiger partial charge in [-0.2, -0.15) is 0 Å². The molecular formula is C19H22N3O3S2+. The zero-order chi connectivity index (χ0) is 18.6. The predicted octanol–water partition coefficient (Wildman–Crippen LogP) is 2.17. The minimum absolute atomic E-state index is 0.142. The number of benzene rings is 1. The maximum Gasteiger partial charge on any atom is 0.295 e. The number of rotatable bonds is 6. The number of nitrogens with one attached hydrogen (secondary N) is 1. The number of furan rings is 1. The molecule has 1 aliphatic rings. The Morgan fingerprint density at radius 3 is 2.93 bits per heavy atom. The zero-order valence-electron chi connectivity index (χ0n) is 15.1. The Hall–Kier alpha value is -1.87. The first-order valence-electron chi connectivity index (χ1n) is 8.96. The van der Waals surface area contributed by atoms with Crippen molar-refractivity contribution >= 4 is 44.4 Å². The Balaban J connectivity index is 1.61. The molecular weight excluding hydrogens is 382 g/mol. The van der Waals surface area contributed by atoms with E-state index in [0.717, 1.165) is 48.2 Å². The monoisotopic (exact) mass is 404 g/mol. The maximum absolute atomic E-state index is 13.0. The summed E-state index contributed by atoms with van der Waals surface area (Å²) in [5, 5.41) is 0.720. The summed E-state index contributed by atoms with van der Waals surface area (Å²) in [5.41, 5.74) is 0.920. The van der Waals surface area contributed by atoms with Gasteiger partial charge in [0.05, 0.1) is 42.8 Å². The lowest BCUT2D eigenvalue weighted by molar-refractivity contribution is -0.906. The fourth-order valence-corrected chi connectivity index (χ4v) is 4.68. The summed E-state index contributed by atoms with van der Waals surface area (Å²) in [6.07, 6.45) is 3.59. The number of fused-ring (bicyclic) bond motifs is 1. The first-order chi connectivity index (χ1) is 13.2. The number of hydrogen-bond acceptors (Lipinski definition) is 6. The molecule has 1 aliphatic heterocycles. The second-order valence-electron chi connectivity index (χ2n) is 6.38. The van der Waals surface area contributed by atoms with Crippen molar-refractivity contribution in [3.63, 3.8) is 0 Å². The second kappa shape index (κ2) is 8.43. The summed E-state index contributed by atoms with van der Waals surface area (Å²) in [4.78, 5) is 22.2. The van der Waals surface area contributed by atoms with Crippen LogP contribution in [0.2, 0.25) is 0 Å². The van der Waals surface area contributed by atoms with Gasteiger partial charge in [0.2, 0.25) is 0 Å². The quantitative estimate of drug-likeness (QED) is 0.638. The number of carbonyl (C=O) groups is 1. The predicted molar refractivity (Wildman–Crippen MR) is 108 cm³/mol. The molecule has 0 atom stereocenters. The number of morpholine rings is 1. The Morgan fingerprint density at radius 2 is 2.19 bits per heavy atom. The number of hydrogen-bond donors (Lipinski definition) is 1. The van der Waals surface area contributed by atoms with Gasteiger partial charge in [-0.3, -0.25) is 9.69 Å². The van der Waals surface area contributed by atoms with Crippen molar-refractivity contribution in [3.8, 4) is 0 Å². The van der Waals surface area contributed by atoms with Gasteiger partial charge in [0, 0.05) is 4.90 Å². The molecule has 0 saturated carbocycles. The van der Waals surface area contributed by atoms with E-state index in [1.54, 1.807) is 40.1 Å². The number of thiazole rings is 1. The topological polar surface area (TPSA) is 60.0 Å². The molecule has 1 saturated heterocycles. The third-order valence-corrected chi connectivity index (χ3v) is 6.45. The number of carbonyl (C=O) groups excluding carboxylic acids is 1. The first kappa shape index (κ1) is 18.5. The van der Waals surface area contributed by atoms with Crippen LogP contribution in [-0.4, -0.2) is 56.5 Å². The molecule has 2 aromatic heterocycles. The highest BCUT2D eigenvalue weighted by Crippen LogP contribution is 2.32. The van der Waals surface area contributed by atoms with Crippen molar-refractivity contribution in [3.05, 3.63) is 42.4 Å². The lowest BCUT2D eigenvalue weighted by Crippen LogP contribution is -3.14. The molecule has 0 bridgehead atoms. The zero-order valence-corrected chi connectivity index (χ0v) is 16.8. The van der Waals surface area contributed by atoms with Gasteiger partial charge in [-0.05, 0) is 36.6 Å². The molecule has 0 radical (unpaired) electrons. The van der Waals surface area contributed by atoms with Crippen LogP contribution in [0.5, 0.6) is 0 Å². The second-order valence-corrected chi connectivity index (χ2v) is 8.27. The average molecular weight is 405 g/mol. The molecule has 1 N–H and O–H groups in total. The summed E-state index contributed by atoms with van der Waals surface area (Å²) < 4.78 is 11.9. The highest BCUT2D eigenvalue weighted by atomic mass is 32.2. The van der Waals surface area contributed by atoms with Crippen molar-refractivity contribution in [2.75, 3.05) is 50.5 Å². The van der Waals surface area contributed by atoms with Crippen LogP contribution in [-0.2, 0) is 4.74 Å². The van der Waals surface area contributed by atoms with Crippen LogP contribution in [0.25, 0.3) is 10.2 Å². The van der Waals surface area contributed by atoms with Crippen LogP contribution in [0.1, 0.15) is 10.6 Å². The molecule has 1 aromatic carbocycles. The van der Waals surface area contributed by atoms with E-state index >= 15 is 0 Å². The molecule has 6 nitrogen and oxygen atoms in total. The summed E-state index contributed by atoms with van der Waals surface area (Å²) in [5.74, 6) is 0.202. The fourth-order valence-electron chi connectivity index (χ4n) is 3.13. The van der Waals surface area contributed by atoms with Gasteiger partial charge in [-0.15, -0.1) is 11.8 Å². The smallest absolute Gasteiger partial charge is 0.295 e. The lowest BCUT2D eigenvalue weighted by atomic mass is 10.3. The van der Waals surface area contributed by atoms with Crippen LogP contribution >= 0.6 is 23.1 Å². The molecule has 8 heteroatoms. The van der Waals surface area contributed by atoms with E-state index in [1.807, 2.05) is 6.07 Å². The molecule has 0 aliphatic carbocycles. The third kappa shape index (κ3) is 4.19. The minimum Gasteiger partial charge on any atom is -0.459 e. The Kier molecular flexibility index (Phi) is 5.77. The summed E-state index contributed by atoms with van der Waals surface area (Å²) >= 11 is 3.25. The fraction of sp³-hybridized carbons (Fsp3) is 0.368. The van der Waals surface area contributed by atoms with Crippen molar-refractivity contribution in [2.24, 2.45) is 0 Å². The SMILES string of the molecule is CSc1ccc2nc(N(CC[NH+]3CCOCC3)C(=O)c3ccco3)sc2c1. The standard InChI is InChI=1S/C19H21N3O3S2/c1-26-14-4-5-15-17(13-14)27-19(20-15)22(18(23)16-3-2-10-25-16)7-6-21-8-11-24-12-9-21/h2-5,10,13H,6-9,11-12H2,1H3/p+1. The van der Waals surface area contributed by atoms with Gasteiger partial charge in [-0.25, -0.2) is 4.98 Å². The van der Waals surface area contributed by atoms with Crippen LogP contribution < -0.4 is 9.80 Å². The molecule has 1 amide bonds. The normalized spacial score (nSPS) is 15.3. The first-order valence-corrected chi connectivity index (χ1v) is 11.0. The number of amides is 1. The lowest BCUT2D eigenvalue weighted by Gasteiger charge is -2.26. The average Bonchev–Trinajstić information content (AvgIpc) is 3.38. The van der Waals surface area contributed by atoms with E-state index in [-0.39, 0.29) is 5.91 Å². The van der Waals surface area contributed by atoms with E-state index in [1.165, 1.54) is 16.1 Å². The largest absolute Gasteiger partial charge is 0.459 e. The van der Waals surface area contributed by atoms with Gasteiger partial charge in [0.15, 0.2) is 10.9 Å². The van der Waals surface area contributed by atoms with Gasteiger partial charge in [0.25, 0.3) is 5.91 Å². The highest BCUT2D eigenvalue weighted by molar-refractivity contribution is 7.98. The highest BCUT2D eigenvalue weighted by Gasteiger charge is 2.25. The van der Waals surface area contributed by atoms with E-state index in [0.29, 0.717) is 12.3 Å². The van der Waals surface area contributed by atoms with Gasteiger partial charge >= 0.3 is 0 Å². The minimum atomic E-state index is -0.142. The van der Waals surface area contributed by atoms with Crippen LogP contribution in [0.4, 0.5) is 5.13 Å². The molecule has 0 spiro atoms. The molecule has 3 heterocycles. The number of thioether (sulfide) groups is 1. The number of ether oxygens (including phenoxy) is 1. The number of quaternary nitrogens is 1. The number of aromatic nitrogens is 1. The van der Waals surface area contributed by atoms with Crippen molar-refractivity contribution in [1.82, 2.24) is 4.98 Å². The van der Waals surface area contributed by atoms with E-state index in [4.69, 9.17) is 14.1 Å². The van der Waals surface area contributed by atoms with E-state index in [2.05, 4.69) is 18.4 Å². The molecule has 27 heavy (non-hydrogen) atoms. The van der Waals surface area contributed by atoms with Crippen molar-refractivity contribution in [2.45, 2.75) is 4.90 Å². The summed E-state index contributed by atoms with van der Waals surface area (Å²) in [6.45, 7) is 4.96. The Bertz CT molecular complexity index is 904. The van der Waals surface area contributed by atoms with Crippen LogP contribution in [0, 0.1) is 0 Å². The van der Waals surface area contributed by atoms with Crippen molar-refractivity contribution in [1.29, 1.82) is 0 Å². The summed E-state index contributed by atoms with van der Waals surface area (Å²) in [6, 6.07) is 9.65. The Morgan fingerprint density at radius 1 is 1.33 bits per heavy atom. The van der Waals surface area contributed by atoms with Gasteiger partial charge in [0.1, 0.15) is 13.1 Å². The third-order valence-electron chi connectivity index (χ3n) is 4.68. The maximum atomic E-state index is 13.0.